The van der Waals surface area contributed by atoms with Crippen LogP contribution in [0.1, 0.15) is 49.9 Å². The van der Waals surface area contributed by atoms with E-state index in [-0.39, 0.29) is 11.8 Å². The molecule has 0 aliphatic heterocycles. The Morgan fingerprint density at radius 3 is 2.67 bits per heavy atom. The molecule has 0 radical (unpaired) electrons. The number of aromatic hydroxyl groups is 1. The molecule has 1 N–H and O–H groups in total. The number of rotatable bonds is 1. The second-order valence-electron chi connectivity index (χ2n) is 6.57. The van der Waals surface area contributed by atoms with Gasteiger partial charge in [0.25, 0.3) is 0 Å². The van der Waals surface area contributed by atoms with Gasteiger partial charge in [0.1, 0.15) is 5.60 Å². The predicted molar refractivity (Wildman–Crippen MR) is 77.9 cm³/mol. The number of amides is 1. The summed E-state index contributed by atoms with van der Waals surface area (Å²) in [5.74, 6) is -0.862. The third kappa shape index (κ3) is 2.96. The van der Waals surface area contributed by atoms with E-state index in [9.17, 15) is 14.3 Å². The van der Waals surface area contributed by atoms with Crippen molar-refractivity contribution in [2.75, 3.05) is 7.05 Å². The summed E-state index contributed by atoms with van der Waals surface area (Å²) in [7, 11) is 1.66. The summed E-state index contributed by atoms with van der Waals surface area (Å²) in [4.78, 5) is 13.7. The number of phenolic OH excluding ortho intramolecular Hbond substituents is 1. The van der Waals surface area contributed by atoms with Crippen LogP contribution in [0.15, 0.2) is 6.07 Å². The van der Waals surface area contributed by atoms with E-state index in [1.165, 1.54) is 4.90 Å². The molecule has 1 aliphatic carbocycles. The van der Waals surface area contributed by atoms with Gasteiger partial charge in [0.05, 0.1) is 6.04 Å². The molecule has 0 aromatic heterocycles. The van der Waals surface area contributed by atoms with Crippen LogP contribution in [0.5, 0.6) is 5.75 Å². The number of carbonyl (C=O) groups excluding carboxylic acids is 1. The van der Waals surface area contributed by atoms with E-state index in [4.69, 9.17) is 4.74 Å². The number of fused-ring (bicyclic) bond motifs is 1. The number of aryl methyl sites for hydroxylation is 1. The molecule has 1 aromatic carbocycles. The van der Waals surface area contributed by atoms with Gasteiger partial charge in [-0.3, -0.25) is 0 Å². The van der Waals surface area contributed by atoms with Crippen LogP contribution in [0.25, 0.3) is 0 Å². The Morgan fingerprint density at radius 1 is 1.48 bits per heavy atom. The highest BCUT2D eigenvalue weighted by Crippen LogP contribution is 2.40. The number of hydrogen-bond acceptors (Lipinski definition) is 3. The summed E-state index contributed by atoms with van der Waals surface area (Å²) in [5.41, 5.74) is 1.17. The normalized spacial score (nSPS) is 17.5. The van der Waals surface area contributed by atoms with E-state index < -0.39 is 17.5 Å². The molecule has 5 heteroatoms. The Labute approximate surface area is 124 Å². The lowest BCUT2D eigenvalue weighted by Gasteiger charge is -2.29. The topological polar surface area (TPSA) is 49.8 Å². The van der Waals surface area contributed by atoms with Gasteiger partial charge in [-0.05, 0) is 63.3 Å². The number of carbonyl (C=O) groups is 1. The van der Waals surface area contributed by atoms with E-state index in [0.717, 1.165) is 5.56 Å². The minimum atomic E-state index is -0.567. The molecule has 1 amide bonds. The van der Waals surface area contributed by atoms with Gasteiger partial charge in [0.2, 0.25) is 0 Å². The second kappa shape index (κ2) is 5.20. The van der Waals surface area contributed by atoms with Crippen molar-refractivity contribution in [3.05, 3.63) is 28.6 Å². The van der Waals surface area contributed by atoms with E-state index in [0.29, 0.717) is 24.0 Å². The standard InChI is InChI=1S/C16H22FNO3/c1-9-8-11-10(13(17)14(9)19)6-7-12(11)18(5)15(20)21-16(2,3)4/h8,12,19H,6-7H2,1-5H3. The van der Waals surface area contributed by atoms with Crippen LogP contribution in [0.2, 0.25) is 0 Å². The third-order valence-electron chi connectivity index (χ3n) is 3.74. The molecule has 1 aromatic rings. The molecular formula is C16H22FNO3. The molecule has 0 fully saturated rings. The number of phenols is 1. The van der Waals surface area contributed by atoms with E-state index >= 15 is 0 Å². The highest BCUT2D eigenvalue weighted by Gasteiger charge is 2.34. The van der Waals surface area contributed by atoms with E-state index in [1.54, 1.807) is 20.0 Å². The molecule has 4 nitrogen and oxygen atoms in total. The van der Waals surface area contributed by atoms with Crippen LogP contribution in [-0.4, -0.2) is 28.7 Å². The van der Waals surface area contributed by atoms with Gasteiger partial charge in [-0.15, -0.1) is 0 Å². The predicted octanol–water partition coefficient (Wildman–Crippen LogP) is 3.69. The Balaban J connectivity index is 2.29. The molecule has 1 atom stereocenters. The zero-order valence-corrected chi connectivity index (χ0v) is 13.2. The molecule has 1 aliphatic rings. The molecule has 0 spiro atoms. The van der Waals surface area contributed by atoms with Gasteiger partial charge in [0.15, 0.2) is 11.6 Å². The first-order valence-corrected chi connectivity index (χ1v) is 7.08. The number of halogens is 1. The van der Waals surface area contributed by atoms with Gasteiger partial charge in [0, 0.05) is 7.05 Å². The quantitative estimate of drug-likeness (QED) is 0.859. The number of ether oxygens (including phenoxy) is 1. The summed E-state index contributed by atoms with van der Waals surface area (Å²) in [6.45, 7) is 7.08. The third-order valence-corrected chi connectivity index (χ3v) is 3.74. The maximum atomic E-state index is 14.1. The number of hydrogen-bond donors (Lipinski definition) is 1. The van der Waals surface area contributed by atoms with Crippen molar-refractivity contribution < 1.29 is 19.0 Å². The lowest BCUT2D eigenvalue weighted by atomic mass is 10.0. The second-order valence-corrected chi connectivity index (χ2v) is 6.57. The van der Waals surface area contributed by atoms with Crippen LogP contribution >= 0.6 is 0 Å². The van der Waals surface area contributed by atoms with Crippen LogP contribution in [0.3, 0.4) is 0 Å². The van der Waals surface area contributed by atoms with E-state index in [1.807, 2.05) is 20.8 Å². The molecular weight excluding hydrogens is 273 g/mol. The van der Waals surface area contributed by atoms with Crippen LogP contribution in [0.4, 0.5) is 9.18 Å². The lowest BCUT2D eigenvalue weighted by Crippen LogP contribution is -2.36. The average Bonchev–Trinajstić information content (AvgIpc) is 2.76. The zero-order chi connectivity index (χ0) is 15.9. The average molecular weight is 295 g/mol. The first kappa shape index (κ1) is 15.6. The van der Waals surface area contributed by atoms with E-state index in [2.05, 4.69) is 0 Å². The smallest absolute Gasteiger partial charge is 0.410 e. The molecule has 0 saturated carbocycles. The SMILES string of the molecule is Cc1cc2c(c(F)c1O)CCC2N(C)C(=O)OC(C)(C)C. The first-order chi connectivity index (χ1) is 9.61. The zero-order valence-electron chi connectivity index (χ0n) is 13.2. The number of nitrogens with zero attached hydrogens (tertiary/aromatic N) is 1. The maximum Gasteiger partial charge on any atom is 0.410 e. The summed E-state index contributed by atoms with van der Waals surface area (Å²) in [6, 6.07) is 1.54. The fourth-order valence-corrected chi connectivity index (χ4v) is 2.68. The highest BCUT2D eigenvalue weighted by molar-refractivity contribution is 5.69. The van der Waals surface area contributed by atoms with Gasteiger partial charge < -0.3 is 14.7 Å². The molecule has 116 valence electrons. The summed E-state index contributed by atoms with van der Waals surface area (Å²) >= 11 is 0. The summed E-state index contributed by atoms with van der Waals surface area (Å²) in [5, 5.41) is 9.68. The van der Waals surface area contributed by atoms with Crippen molar-refractivity contribution in [1.29, 1.82) is 0 Å². The maximum absolute atomic E-state index is 14.1. The van der Waals surface area contributed by atoms with Crippen molar-refractivity contribution in [3.63, 3.8) is 0 Å². The van der Waals surface area contributed by atoms with Crippen LogP contribution < -0.4 is 0 Å². The minimum Gasteiger partial charge on any atom is -0.505 e. The Kier molecular flexibility index (Phi) is 3.87. The monoisotopic (exact) mass is 295 g/mol. The van der Waals surface area contributed by atoms with Crippen LogP contribution in [-0.2, 0) is 11.2 Å². The van der Waals surface area contributed by atoms with Gasteiger partial charge in [-0.2, -0.15) is 0 Å². The number of benzene rings is 1. The minimum absolute atomic E-state index is 0.219. The Morgan fingerprint density at radius 2 is 2.10 bits per heavy atom. The van der Waals surface area contributed by atoms with Crippen molar-refractivity contribution in [2.45, 2.75) is 52.2 Å². The van der Waals surface area contributed by atoms with Gasteiger partial charge in [-0.1, -0.05) is 0 Å². The van der Waals surface area contributed by atoms with Crippen molar-refractivity contribution in [3.8, 4) is 5.75 Å². The lowest BCUT2D eigenvalue weighted by molar-refractivity contribution is 0.0220. The first-order valence-electron chi connectivity index (χ1n) is 7.08. The van der Waals surface area contributed by atoms with Gasteiger partial charge in [-0.25, -0.2) is 9.18 Å². The van der Waals surface area contributed by atoms with Crippen molar-refractivity contribution in [1.82, 2.24) is 4.90 Å². The summed E-state index contributed by atoms with van der Waals surface area (Å²) < 4.78 is 19.4. The Bertz CT molecular complexity index is 578. The summed E-state index contributed by atoms with van der Waals surface area (Å²) in [6.07, 6.45) is 0.712. The molecule has 0 saturated heterocycles. The van der Waals surface area contributed by atoms with Crippen molar-refractivity contribution >= 4 is 6.09 Å². The highest BCUT2D eigenvalue weighted by atomic mass is 19.1. The molecule has 0 bridgehead atoms. The van der Waals surface area contributed by atoms with Crippen molar-refractivity contribution in [2.24, 2.45) is 0 Å². The van der Waals surface area contributed by atoms with Gasteiger partial charge >= 0.3 is 6.09 Å². The van der Waals surface area contributed by atoms with Crippen LogP contribution in [0, 0.1) is 12.7 Å². The molecule has 2 rings (SSSR count). The fraction of sp³-hybridized carbons (Fsp3) is 0.562. The Hall–Kier alpha value is -1.78. The fourth-order valence-electron chi connectivity index (χ4n) is 2.68. The molecule has 1 unspecified atom stereocenters. The molecule has 0 heterocycles. The molecule has 21 heavy (non-hydrogen) atoms. The largest absolute Gasteiger partial charge is 0.505 e.